The van der Waals surface area contributed by atoms with Gasteiger partial charge >= 0.3 is 0 Å². The van der Waals surface area contributed by atoms with Crippen LogP contribution in [0.15, 0.2) is 77.9 Å². The molecule has 240 valence electrons. The maximum absolute atomic E-state index is 13.2. The lowest BCUT2D eigenvalue weighted by molar-refractivity contribution is -0.119. The van der Waals surface area contributed by atoms with E-state index in [-0.39, 0.29) is 22.9 Å². The lowest BCUT2D eigenvalue weighted by atomic mass is 9.95. The van der Waals surface area contributed by atoms with Crippen molar-refractivity contribution in [2.24, 2.45) is 5.73 Å². The Morgan fingerprint density at radius 2 is 1.74 bits per heavy atom. The molecule has 1 aliphatic carbocycles. The smallest absolute Gasteiger partial charge is 0.262 e. The monoisotopic (exact) mass is 668 g/mol. The molecule has 2 aromatic carbocycles. The number of ether oxygens (including phenoxy) is 1. The van der Waals surface area contributed by atoms with E-state index in [0.29, 0.717) is 58.9 Å². The van der Waals surface area contributed by atoms with E-state index in [9.17, 15) is 9.59 Å². The molecule has 5 aromatic rings. The normalized spacial score (nSPS) is 16.8. The van der Waals surface area contributed by atoms with Crippen LogP contribution in [0.2, 0.25) is 10.0 Å². The summed E-state index contributed by atoms with van der Waals surface area (Å²) in [5, 5.41) is 7.24. The number of nitrogens with two attached hydrogens (primary N) is 1. The zero-order valence-electron chi connectivity index (χ0n) is 25.9. The Bertz CT molecular complexity index is 2080. The molecule has 2 aliphatic rings. The van der Waals surface area contributed by atoms with E-state index < -0.39 is 0 Å². The van der Waals surface area contributed by atoms with Crippen LogP contribution < -0.4 is 26.7 Å². The maximum atomic E-state index is 13.2. The fourth-order valence-corrected chi connectivity index (χ4v) is 7.06. The molecule has 4 N–H and O–H groups in total. The van der Waals surface area contributed by atoms with E-state index in [4.69, 9.17) is 38.7 Å². The molecule has 0 radical (unpaired) electrons. The number of nitrogens with zero attached hydrogens (tertiary/aromatic N) is 3. The quantitative estimate of drug-likeness (QED) is 0.173. The number of aromatic nitrogens is 3. The molecule has 0 spiro atoms. The number of carbonyl (C=O) groups is 1. The van der Waals surface area contributed by atoms with Gasteiger partial charge in [-0.3, -0.25) is 14.0 Å². The summed E-state index contributed by atoms with van der Waals surface area (Å²) in [5.41, 5.74) is 12.6. The summed E-state index contributed by atoms with van der Waals surface area (Å²) in [7, 11) is 1.63. The van der Waals surface area contributed by atoms with E-state index in [1.807, 2.05) is 60.7 Å². The molecule has 11 heteroatoms. The number of pyridine rings is 2. The summed E-state index contributed by atoms with van der Waals surface area (Å²) < 4.78 is 7.21. The van der Waals surface area contributed by atoms with Gasteiger partial charge in [0.15, 0.2) is 0 Å². The molecule has 9 nitrogen and oxygen atoms in total. The van der Waals surface area contributed by atoms with Crippen LogP contribution >= 0.6 is 23.2 Å². The van der Waals surface area contributed by atoms with Gasteiger partial charge in [-0.2, -0.15) is 0 Å². The summed E-state index contributed by atoms with van der Waals surface area (Å²) in [6.07, 6.45) is 6.70. The van der Waals surface area contributed by atoms with Crippen LogP contribution in [0, 0.1) is 0 Å². The minimum absolute atomic E-state index is 0.0574. The molecule has 0 unspecified atom stereocenters. The van der Waals surface area contributed by atoms with E-state index in [1.54, 1.807) is 19.5 Å². The van der Waals surface area contributed by atoms with Gasteiger partial charge in [0.1, 0.15) is 5.65 Å². The number of benzene rings is 2. The van der Waals surface area contributed by atoms with Gasteiger partial charge in [-0.1, -0.05) is 65.7 Å². The van der Waals surface area contributed by atoms with Crippen molar-refractivity contribution >= 4 is 34.8 Å². The lowest BCUT2D eigenvalue weighted by Crippen LogP contribution is -2.36. The van der Waals surface area contributed by atoms with Crippen LogP contribution in [0.5, 0.6) is 5.88 Å². The standard InChI is InChI=1S/C36H34Cl2N6O3/c1-47-34-28(36(20-39)13-14-36)9-10-29(43-34)27-7-3-6-26(33(27)38)25-5-2-4-24(32(25)37)21-12-15-44-30(16-21)41-18-22(35(44)46)17-40-19-23-8-11-31(45)42-23/h2-7,9-10,12,15-16,18,23,40H,8,11,13-14,17,19-20,39H2,1H3,(H,42,45)/t23-/m0/s1. The maximum Gasteiger partial charge on any atom is 0.262 e. The Morgan fingerprint density at radius 3 is 2.43 bits per heavy atom. The van der Waals surface area contributed by atoms with Gasteiger partial charge < -0.3 is 21.1 Å². The highest BCUT2D eigenvalue weighted by Gasteiger charge is 2.45. The molecular formula is C36H34Cl2N6O3. The first-order valence-electron chi connectivity index (χ1n) is 15.7. The van der Waals surface area contributed by atoms with Crippen molar-refractivity contribution in [3.8, 4) is 39.4 Å². The average Bonchev–Trinajstić information content (AvgIpc) is 3.78. The topological polar surface area (TPSA) is 124 Å². The molecule has 1 aliphatic heterocycles. The molecule has 4 heterocycles. The number of carbonyl (C=O) groups excluding carboxylic acids is 1. The molecular weight excluding hydrogens is 635 g/mol. The average molecular weight is 670 g/mol. The minimum Gasteiger partial charge on any atom is -0.481 e. The van der Waals surface area contributed by atoms with Gasteiger partial charge in [-0.25, -0.2) is 9.97 Å². The molecule has 1 atom stereocenters. The molecule has 0 bridgehead atoms. The number of fused-ring (bicyclic) bond motifs is 1. The third kappa shape index (κ3) is 5.89. The molecule has 47 heavy (non-hydrogen) atoms. The summed E-state index contributed by atoms with van der Waals surface area (Å²) in [4.78, 5) is 34.1. The SMILES string of the molecule is COc1nc(-c2cccc(-c3cccc(-c4ccn5c(=O)c(CNC[C@@H]6CCC(=O)N6)cnc5c4)c3Cl)c2Cl)ccc1C1(CN)CC1. The van der Waals surface area contributed by atoms with E-state index in [1.165, 1.54) is 4.40 Å². The zero-order valence-corrected chi connectivity index (χ0v) is 27.4. The van der Waals surface area contributed by atoms with E-state index in [0.717, 1.165) is 52.6 Å². The van der Waals surface area contributed by atoms with Crippen LogP contribution in [0.3, 0.4) is 0 Å². The fraction of sp³-hybridized carbons (Fsp3) is 0.278. The number of methoxy groups -OCH3 is 1. The number of halogens is 2. The molecule has 2 fully saturated rings. The predicted molar refractivity (Wildman–Crippen MR) is 185 cm³/mol. The van der Waals surface area contributed by atoms with Crippen molar-refractivity contribution in [3.63, 3.8) is 0 Å². The van der Waals surface area contributed by atoms with Gasteiger partial charge in [0.25, 0.3) is 5.56 Å². The molecule has 3 aromatic heterocycles. The van der Waals surface area contributed by atoms with Crippen molar-refractivity contribution in [2.45, 2.75) is 43.7 Å². The Hall–Kier alpha value is -4.28. The molecule has 7 rings (SSSR count). The van der Waals surface area contributed by atoms with Crippen LogP contribution in [-0.2, 0) is 16.8 Å². The van der Waals surface area contributed by atoms with Crippen molar-refractivity contribution in [2.75, 3.05) is 20.2 Å². The van der Waals surface area contributed by atoms with Crippen molar-refractivity contribution in [3.05, 3.63) is 105 Å². The Balaban J connectivity index is 1.17. The highest BCUT2D eigenvalue weighted by atomic mass is 35.5. The van der Waals surface area contributed by atoms with Crippen LogP contribution in [0.1, 0.15) is 36.8 Å². The number of amides is 1. The van der Waals surface area contributed by atoms with Crippen molar-refractivity contribution in [1.82, 2.24) is 25.0 Å². The van der Waals surface area contributed by atoms with Crippen molar-refractivity contribution in [1.29, 1.82) is 0 Å². The number of hydrogen-bond acceptors (Lipinski definition) is 7. The van der Waals surface area contributed by atoms with Crippen molar-refractivity contribution < 1.29 is 9.53 Å². The van der Waals surface area contributed by atoms with E-state index in [2.05, 4.69) is 15.6 Å². The molecule has 1 saturated carbocycles. The third-order valence-electron chi connectivity index (χ3n) is 9.32. The Morgan fingerprint density at radius 1 is 1.02 bits per heavy atom. The zero-order chi connectivity index (χ0) is 32.7. The van der Waals surface area contributed by atoms with Crippen LogP contribution in [-0.4, -0.2) is 46.5 Å². The third-order valence-corrected chi connectivity index (χ3v) is 10.1. The second-order valence-electron chi connectivity index (χ2n) is 12.2. The summed E-state index contributed by atoms with van der Waals surface area (Å²) >= 11 is 14.2. The Labute approximate surface area is 282 Å². The number of rotatable bonds is 10. The minimum atomic E-state index is -0.151. The Kier molecular flexibility index (Phi) is 8.48. The highest BCUT2D eigenvalue weighted by molar-refractivity contribution is 6.39. The summed E-state index contributed by atoms with van der Waals surface area (Å²) in [6, 6.07) is 19.4. The van der Waals surface area contributed by atoms with E-state index >= 15 is 0 Å². The first-order valence-corrected chi connectivity index (χ1v) is 16.4. The van der Waals surface area contributed by atoms with Gasteiger partial charge in [0.05, 0.1) is 22.8 Å². The summed E-state index contributed by atoms with van der Waals surface area (Å²) in [6.45, 7) is 1.51. The van der Waals surface area contributed by atoms with Gasteiger partial charge in [0.2, 0.25) is 11.8 Å². The van der Waals surface area contributed by atoms with Crippen LogP contribution in [0.25, 0.3) is 39.2 Å². The molecule has 1 amide bonds. The first-order chi connectivity index (χ1) is 22.8. The predicted octanol–water partition coefficient (Wildman–Crippen LogP) is 5.76. The number of hydrogen-bond donors (Lipinski definition) is 3. The van der Waals surface area contributed by atoms with Gasteiger partial charge in [-0.05, 0) is 43.0 Å². The lowest BCUT2D eigenvalue weighted by Gasteiger charge is -2.18. The highest BCUT2D eigenvalue weighted by Crippen LogP contribution is 2.50. The number of nitrogens with one attached hydrogen (secondary N) is 2. The fourth-order valence-electron chi connectivity index (χ4n) is 6.40. The largest absolute Gasteiger partial charge is 0.481 e. The van der Waals surface area contributed by atoms with Gasteiger partial charge in [0, 0.05) is 83.3 Å². The van der Waals surface area contributed by atoms with Crippen LogP contribution in [0.4, 0.5) is 0 Å². The van der Waals surface area contributed by atoms with Gasteiger partial charge in [-0.15, -0.1) is 0 Å². The second-order valence-corrected chi connectivity index (χ2v) is 13.0. The first kappa shape index (κ1) is 31.3. The summed E-state index contributed by atoms with van der Waals surface area (Å²) in [5.74, 6) is 0.634. The molecule has 1 saturated heterocycles. The second kappa shape index (κ2) is 12.7.